The molecule has 0 amide bonds. The fourth-order valence-corrected chi connectivity index (χ4v) is 8.46. The molecule has 5 atom stereocenters. The summed E-state index contributed by atoms with van der Waals surface area (Å²) in [5.41, 5.74) is 2.44. The Bertz CT molecular complexity index is 390. The molecule has 2 saturated carbocycles. The van der Waals surface area contributed by atoms with Crippen LogP contribution in [0.5, 0.6) is 0 Å². The number of nitrogens with one attached hydrogen (secondary N) is 1. The highest BCUT2D eigenvalue weighted by atomic mass is 28.3. The number of hydrogen-bond donors (Lipinski definition) is 1. The standard InChI is InChI=1S/C16H30N2Si/c1-11-10-14-12-8-6-7-9-13(12)16(15(14)18(11)3)19(4,5)17-2/h10,12-17H,6-9H2,1-5H3. The maximum Gasteiger partial charge on any atom is 0.124 e. The molecule has 0 spiro atoms. The highest BCUT2D eigenvalue weighted by Gasteiger charge is 2.58. The molecule has 3 rings (SSSR count). The predicted octanol–water partition coefficient (Wildman–Crippen LogP) is 3.44. The van der Waals surface area contributed by atoms with E-state index >= 15 is 0 Å². The van der Waals surface area contributed by atoms with Crippen LogP contribution in [0.2, 0.25) is 18.6 Å². The Labute approximate surface area is 119 Å². The normalized spacial score (nSPS) is 42.1. The van der Waals surface area contributed by atoms with Gasteiger partial charge in [0.2, 0.25) is 0 Å². The van der Waals surface area contributed by atoms with E-state index in [2.05, 4.69) is 50.1 Å². The maximum atomic E-state index is 3.75. The Morgan fingerprint density at radius 3 is 2.47 bits per heavy atom. The molecule has 0 saturated heterocycles. The van der Waals surface area contributed by atoms with Gasteiger partial charge in [0, 0.05) is 24.7 Å². The average molecular weight is 279 g/mol. The third-order valence-electron chi connectivity index (χ3n) is 6.51. The van der Waals surface area contributed by atoms with Gasteiger partial charge in [-0.05, 0) is 37.8 Å². The molecule has 2 aliphatic carbocycles. The molecule has 5 unspecified atom stereocenters. The van der Waals surface area contributed by atoms with Crippen molar-refractivity contribution in [2.24, 2.45) is 17.8 Å². The van der Waals surface area contributed by atoms with Crippen molar-refractivity contribution < 1.29 is 0 Å². The van der Waals surface area contributed by atoms with E-state index in [4.69, 9.17) is 0 Å². The van der Waals surface area contributed by atoms with E-state index in [1.165, 1.54) is 31.4 Å². The number of allylic oxidation sites excluding steroid dienone is 1. The molecule has 0 aromatic carbocycles. The molecule has 2 nitrogen and oxygen atoms in total. The smallest absolute Gasteiger partial charge is 0.124 e. The number of nitrogens with zero attached hydrogens (tertiary/aromatic N) is 1. The first-order valence-corrected chi connectivity index (χ1v) is 11.2. The van der Waals surface area contributed by atoms with Crippen LogP contribution >= 0.6 is 0 Å². The molecular formula is C16H30N2Si. The van der Waals surface area contributed by atoms with Crippen LogP contribution in [0.4, 0.5) is 0 Å². The topological polar surface area (TPSA) is 15.3 Å². The average Bonchev–Trinajstić information content (AvgIpc) is 2.86. The van der Waals surface area contributed by atoms with E-state index in [1.807, 2.05) is 0 Å². The highest BCUT2D eigenvalue weighted by Crippen LogP contribution is 2.59. The van der Waals surface area contributed by atoms with Crippen LogP contribution in [0, 0.1) is 17.8 Å². The third kappa shape index (κ3) is 1.92. The third-order valence-corrected chi connectivity index (χ3v) is 10.2. The van der Waals surface area contributed by atoms with Gasteiger partial charge in [-0.3, -0.25) is 0 Å². The zero-order valence-corrected chi connectivity index (χ0v) is 14.2. The molecule has 19 heavy (non-hydrogen) atoms. The second-order valence-corrected chi connectivity index (χ2v) is 12.2. The van der Waals surface area contributed by atoms with Gasteiger partial charge in [-0.1, -0.05) is 38.4 Å². The van der Waals surface area contributed by atoms with Gasteiger partial charge in [0.05, 0.1) is 0 Å². The van der Waals surface area contributed by atoms with Crippen LogP contribution < -0.4 is 4.98 Å². The second-order valence-electron chi connectivity index (χ2n) is 7.60. The Kier molecular flexibility index (Phi) is 3.33. The second kappa shape index (κ2) is 4.63. The van der Waals surface area contributed by atoms with Gasteiger partial charge in [0.15, 0.2) is 0 Å². The SMILES string of the molecule is CN[Si](C)(C)C1C2CCCCC2C2C=C(C)N(C)C21. The predicted molar refractivity (Wildman–Crippen MR) is 84.5 cm³/mol. The van der Waals surface area contributed by atoms with Crippen molar-refractivity contribution in [3.8, 4) is 0 Å². The molecule has 0 radical (unpaired) electrons. The summed E-state index contributed by atoms with van der Waals surface area (Å²) in [6.07, 6.45) is 8.51. The van der Waals surface area contributed by atoms with Gasteiger partial charge in [-0.2, -0.15) is 0 Å². The van der Waals surface area contributed by atoms with Crippen molar-refractivity contribution >= 4 is 8.24 Å². The minimum atomic E-state index is -1.33. The van der Waals surface area contributed by atoms with Gasteiger partial charge in [0.25, 0.3) is 0 Å². The maximum absolute atomic E-state index is 3.75. The summed E-state index contributed by atoms with van der Waals surface area (Å²) in [4.78, 5) is 6.36. The quantitative estimate of drug-likeness (QED) is 0.779. The molecular weight excluding hydrogens is 248 g/mol. The van der Waals surface area contributed by atoms with E-state index in [1.54, 1.807) is 0 Å². The molecule has 108 valence electrons. The van der Waals surface area contributed by atoms with E-state index < -0.39 is 8.24 Å². The lowest BCUT2D eigenvalue weighted by Crippen LogP contribution is -2.53. The van der Waals surface area contributed by atoms with E-state index in [-0.39, 0.29) is 0 Å². The summed E-state index contributed by atoms with van der Waals surface area (Å²) in [6.45, 7) is 7.40. The van der Waals surface area contributed by atoms with Gasteiger partial charge in [-0.25, -0.2) is 0 Å². The van der Waals surface area contributed by atoms with E-state index in [0.29, 0.717) is 0 Å². The first-order valence-electron chi connectivity index (χ1n) is 8.07. The molecule has 0 aromatic heterocycles. The van der Waals surface area contributed by atoms with Crippen LogP contribution in [0.25, 0.3) is 0 Å². The molecule has 1 heterocycles. The summed E-state index contributed by atoms with van der Waals surface area (Å²) in [5, 5.41) is 0. The molecule has 3 aliphatic rings. The summed E-state index contributed by atoms with van der Waals surface area (Å²) in [7, 11) is 3.20. The summed E-state index contributed by atoms with van der Waals surface area (Å²) < 4.78 is 0. The number of rotatable bonds is 2. The van der Waals surface area contributed by atoms with Gasteiger partial charge < -0.3 is 9.88 Å². The zero-order chi connectivity index (χ0) is 13.8. The lowest BCUT2D eigenvalue weighted by atomic mass is 9.78. The van der Waals surface area contributed by atoms with Crippen molar-refractivity contribution in [2.45, 2.75) is 57.3 Å². The Balaban J connectivity index is 1.98. The lowest BCUT2D eigenvalue weighted by molar-refractivity contribution is 0.246. The molecule has 1 N–H and O–H groups in total. The van der Waals surface area contributed by atoms with Crippen LogP contribution in [-0.2, 0) is 0 Å². The van der Waals surface area contributed by atoms with Crippen molar-refractivity contribution in [2.75, 3.05) is 14.1 Å². The van der Waals surface area contributed by atoms with Crippen molar-refractivity contribution in [3.05, 3.63) is 11.8 Å². The van der Waals surface area contributed by atoms with Crippen LogP contribution in [0.3, 0.4) is 0 Å². The van der Waals surface area contributed by atoms with Crippen LogP contribution in [-0.4, -0.2) is 33.3 Å². The monoisotopic (exact) mass is 278 g/mol. The summed E-state index contributed by atoms with van der Waals surface area (Å²) in [6, 6.07) is 0.794. The van der Waals surface area contributed by atoms with Gasteiger partial charge >= 0.3 is 0 Å². The highest BCUT2D eigenvalue weighted by molar-refractivity contribution is 6.76. The summed E-state index contributed by atoms with van der Waals surface area (Å²) in [5.74, 6) is 2.81. The molecule has 0 aromatic rings. The number of fused-ring (bicyclic) bond motifs is 3. The minimum absolute atomic E-state index is 0.794. The molecule has 1 aliphatic heterocycles. The van der Waals surface area contributed by atoms with Crippen LogP contribution in [0.1, 0.15) is 32.6 Å². The first kappa shape index (κ1) is 13.7. The fraction of sp³-hybridized carbons (Fsp3) is 0.875. The first-order chi connectivity index (χ1) is 8.97. The van der Waals surface area contributed by atoms with Gasteiger partial charge in [0.1, 0.15) is 8.24 Å². The van der Waals surface area contributed by atoms with Gasteiger partial charge in [-0.15, -0.1) is 0 Å². The lowest BCUT2D eigenvalue weighted by Gasteiger charge is -2.41. The number of hydrogen-bond acceptors (Lipinski definition) is 2. The minimum Gasteiger partial charge on any atom is -0.375 e. The fourth-order valence-electron chi connectivity index (χ4n) is 5.34. The van der Waals surface area contributed by atoms with Crippen molar-refractivity contribution in [1.29, 1.82) is 0 Å². The largest absolute Gasteiger partial charge is 0.375 e. The Morgan fingerprint density at radius 1 is 1.21 bits per heavy atom. The van der Waals surface area contributed by atoms with Crippen molar-refractivity contribution in [1.82, 2.24) is 9.88 Å². The Morgan fingerprint density at radius 2 is 1.84 bits per heavy atom. The molecule has 3 heteroatoms. The molecule has 0 bridgehead atoms. The summed E-state index contributed by atoms with van der Waals surface area (Å²) >= 11 is 0. The Hall–Kier alpha value is -0.283. The van der Waals surface area contributed by atoms with E-state index in [9.17, 15) is 0 Å². The van der Waals surface area contributed by atoms with Crippen LogP contribution in [0.15, 0.2) is 11.8 Å². The zero-order valence-electron chi connectivity index (χ0n) is 13.2. The molecule has 2 fully saturated rings. The van der Waals surface area contributed by atoms with E-state index in [0.717, 1.165) is 29.3 Å². The van der Waals surface area contributed by atoms with Crippen molar-refractivity contribution in [3.63, 3.8) is 0 Å².